The van der Waals surface area contributed by atoms with Crippen LogP contribution < -0.4 is 10.2 Å². The number of nitrogens with zero attached hydrogens (tertiary/aromatic N) is 6. The van der Waals surface area contributed by atoms with Gasteiger partial charge in [-0.2, -0.15) is 15.5 Å². The minimum Gasteiger partial charge on any atom is -0.482 e. The van der Waals surface area contributed by atoms with Gasteiger partial charge in [0.05, 0.1) is 23.7 Å². The molecular weight excluding hydrogens is 601 g/mol. The van der Waals surface area contributed by atoms with Crippen LogP contribution in [0, 0.1) is 17.1 Å². The summed E-state index contributed by atoms with van der Waals surface area (Å²) in [6.45, 7) is 2.57. The second kappa shape index (κ2) is 12.8. The van der Waals surface area contributed by atoms with Gasteiger partial charge < -0.3 is 9.47 Å². The zero-order valence-electron chi connectivity index (χ0n) is 22.6. The average molecular weight is 633 g/mol. The molecule has 0 amide bonds. The van der Waals surface area contributed by atoms with Crippen molar-refractivity contribution in [3.8, 4) is 17.5 Å². The molecule has 4 aromatic rings. The van der Waals surface area contributed by atoms with Crippen molar-refractivity contribution < 1.29 is 19.1 Å². The van der Waals surface area contributed by atoms with Gasteiger partial charge in [0.1, 0.15) is 30.4 Å². The van der Waals surface area contributed by atoms with Crippen LogP contribution in [-0.2, 0) is 17.9 Å². The molecule has 0 radical (unpaired) electrons. The molecule has 3 heterocycles. The van der Waals surface area contributed by atoms with Gasteiger partial charge in [-0.3, -0.25) is 5.21 Å². The molecule has 1 aromatic carbocycles. The molecule has 0 aliphatic carbocycles. The van der Waals surface area contributed by atoms with Crippen LogP contribution in [0.15, 0.2) is 53.3 Å². The van der Waals surface area contributed by atoms with Crippen molar-refractivity contribution in [3.63, 3.8) is 0 Å². The van der Waals surface area contributed by atoms with Gasteiger partial charge in [-0.25, -0.2) is 34.2 Å². The van der Waals surface area contributed by atoms with E-state index in [9.17, 15) is 14.9 Å². The maximum absolute atomic E-state index is 14.4. The average Bonchev–Trinajstić information content (AvgIpc) is 3.52. The summed E-state index contributed by atoms with van der Waals surface area (Å²) in [5.41, 5.74) is 5.03. The van der Waals surface area contributed by atoms with Gasteiger partial charge in [-0.15, -0.1) is 0 Å². The lowest BCUT2D eigenvalue weighted by Crippen LogP contribution is -2.13. The van der Waals surface area contributed by atoms with Crippen molar-refractivity contribution >= 4 is 31.8 Å². The van der Waals surface area contributed by atoms with Gasteiger partial charge in [0.25, 0.3) is 0 Å². The minimum absolute atomic E-state index is 0.125. The Hall–Kier alpha value is -3.44. The summed E-state index contributed by atoms with van der Waals surface area (Å²) in [5, 5.41) is 28.1. The minimum atomic E-state index is -0.672. The van der Waals surface area contributed by atoms with Crippen LogP contribution in [-0.4, -0.2) is 60.9 Å². The van der Waals surface area contributed by atoms with E-state index >= 15 is 0 Å². The Morgan fingerprint density at radius 1 is 1.23 bits per heavy atom. The molecule has 0 aliphatic rings. The quantitative estimate of drug-likeness (QED) is 0.157. The zero-order valence-corrected chi connectivity index (χ0v) is 25.0. The lowest BCUT2D eigenvalue weighted by Gasteiger charge is -2.24. The second-order valence-electron chi connectivity index (χ2n) is 9.95. The normalized spacial score (nSPS) is 12.7. The van der Waals surface area contributed by atoms with E-state index in [2.05, 4.69) is 55.9 Å². The summed E-state index contributed by atoms with van der Waals surface area (Å²) in [5.74, 6) is 0.947. The predicted molar refractivity (Wildman–Crippen MR) is 156 cm³/mol. The number of aromatic nitrogens is 5. The summed E-state index contributed by atoms with van der Waals surface area (Å²) >= 11 is 3.35. The van der Waals surface area contributed by atoms with Gasteiger partial charge in [0.15, 0.2) is 11.6 Å². The highest BCUT2D eigenvalue weighted by Gasteiger charge is 2.20. The van der Waals surface area contributed by atoms with E-state index < -0.39 is 21.9 Å². The van der Waals surface area contributed by atoms with Crippen LogP contribution in [0.3, 0.4) is 0 Å². The summed E-state index contributed by atoms with van der Waals surface area (Å²) in [6, 6.07) is 11.8. The third-order valence-electron chi connectivity index (χ3n) is 5.97. The number of nitrogens with one attached hydrogen (secondary N) is 1. The highest BCUT2D eigenvalue weighted by molar-refractivity contribution is 9.10. The molecule has 4 rings (SSSR count). The van der Waals surface area contributed by atoms with E-state index in [1.165, 1.54) is 18.3 Å². The molecular formula is C27H31BrFN7O3S. The number of ether oxygens (including phenoxy) is 2. The van der Waals surface area contributed by atoms with Crippen LogP contribution in [0.25, 0.3) is 5.69 Å². The van der Waals surface area contributed by atoms with E-state index in [1.54, 1.807) is 40.7 Å². The maximum Gasteiger partial charge on any atom is 0.192 e. The molecule has 1 atom stereocenters. The van der Waals surface area contributed by atoms with E-state index in [0.717, 1.165) is 11.4 Å². The number of anilines is 1. The number of hydrogen-bond acceptors (Lipinski definition) is 8. The smallest absolute Gasteiger partial charge is 0.192 e. The van der Waals surface area contributed by atoms with Crippen molar-refractivity contribution in [2.45, 2.75) is 26.2 Å². The largest absolute Gasteiger partial charge is 0.482 e. The molecule has 2 N–H and O–H groups in total. The van der Waals surface area contributed by atoms with Gasteiger partial charge in [-0.1, -0.05) is 0 Å². The van der Waals surface area contributed by atoms with Crippen LogP contribution in [0.4, 0.5) is 10.2 Å². The van der Waals surface area contributed by atoms with Gasteiger partial charge in [0, 0.05) is 34.6 Å². The molecule has 0 fully saturated rings. The molecule has 0 bridgehead atoms. The standard InChI is InChI=1S/C27H31BrFN7O3S/c1-18(39-26-11-19(28)16-31-27(26)34-37)24-12-20(29)5-6-25(24)36-22(7-8-32-36)13-21-14-23(15-30)35(33-21)17-38-9-10-40(2,3)4/h5-8,11-12,14,16,18,37H,9-10,13,17H2,1-4H3,(H,31,34)/t18-/m1/s1. The summed E-state index contributed by atoms with van der Waals surface area (Å²) in [4.78, 5) is 4.08. The first kappa shape index (κ1) is 29.5. The molecule has 0 unspecified atom stereocenters. The first-order chi connectivity index (χ1) is 19.1. The maximum atomic E-state index is 14.4. The predicted octanol–water partition coefficient (Wildman–Crippen LogP) is 5.44. The SMILES string of the molecule is C[C@@H](Oc1cc(Br)cnc1NO)c1cc(F)ccc1-n1nccc1Cc1cc(C#N)n(COCCS(C)(C)C)n1. The van der Waals surface area contributed by atoms with E-state index in [-0.39, 0.29) is 18.3 Å². The van der Waals surface area contributed by atoms with Crippen LogP contribution in [0.1, 0.15) is 35.7 Å². The third kappa shape index (κ3) is 7.39. The summed E-state index contributed by atoms with van der Waals surface area (Å²) in [7, 11) is -0.672. The van der Waals surface area contributed by atoms with Gasteiger partial charge >= 0.3 is 0 Å². The van der Waals surface area contributed by atoms with Crippen molar-refractivity contribution in [1.82, 2.24) is 24.5 Å². The van der Waals surface area contributed by atoms with Crippen molar-refractivity contribution in [3.05, 3.63) is 81.7 Å². The number of benzene rings is 1. The fourth-order valence-electron chi connectivity index (χ4n) is 3.96. The lowest BCUT2D eigenvalue weighted by molar-refractivity contribution is 0.0800. The topological polar surface area (TPSA) is 123 Å². The first-order valence-electron chi connectivity index (χ1n) is 12.3. The Labute approximate surface area is 242 Å². The Morgan fingerprint density at radius 3 is 2.75 bits per heavy atom. The Morgan fingerprint density at radius 2 is 2.02 bits per heavy atom. The summed E-state index contributed by atoms with van der Waals surface area (Å²) in [6.07, 6.45) is 9.60. The van der Waals surface area contributed by atoms with Crippen molar-refractivity contribution in [1.29, 1.82) is 5.26 Å². The monoisotopic (exact) mass is 631 g/mol. The molecule has 0 aliphatic heterocycles. The molecule has 0 saturated carbocycles. The van der Waals surface area contributed by atoms with Gasteiger partial charge in [-0.05, 0) is 78.0 Å². The van der Waals surface area contributed by atoms with Crippen LogP contribution in [0.5, 0.6) is 5.75 Å². The third-order valence-corrected chi connectivity index (χ3v) is 7.79. The first-order valence-corrected chi connectivity index (χ1v) is 16.2. The summed E-state index contributed by atoms with van der Waals surface area (Å²) < 4.78 is 30.2. The molecule has 0 saturated heterocycles. The van der Waals surface area contributed by atoms with Crippen molar-refractivity contribution in [2.75, 3.05) is 36.6 Å². The molecule has 13 heteroatoms. The number of hydrogen-bond donors (Lipinski definition) is 2. The number of rotatable bonds is 12. The fourth-order valence-corrected chi connectivity index (χ4v) is 4.89. The Balaban J connectivity index is 1.57. The van der Waals surface area contributed by atoms with Crippen molar-refractivity contribution in [2.24, 2.45) is 0 Å². The van der Waals surface area contributed by atoms with E-state index in [4.69, 9.17) is 9.47 Å². The highest BCUT2D eigenvalue weighted by Crippen LogP contribution is 2.34. The van der Waals surface area contributed by atoms with Crippen LogP contribution >= 0.6 is 26.0 Å². The second-order valence-corrected chi connectivity index (χ2v) is 15.5. The number of pyridine rings is 1. The number of halogens is 2. The van der Waals surface area contributed by atoms with E-state index in [1.807, 2.05) is 11.5 Å². The molecule has 3 aromatic heterocycles. The molecule has 0 spiro atoms. The van der Waals surface area contributed by atoms with E-state index in [0.29, 0.717) is 40.1 Å². The highest BCUT2D eigenvalue weighted by atomic mass is 79.9. The zero-order chi connectivity index (χ0) is 28.9. The molecule has 212 valence electrons. The fraction of sp³-hybridized carbons (Fsp3) is 0.333. The molecule has 40 heavy (non-hydrogen) atoms. The Bertz CT molecular complexity index is 1510. The number of nitriles is 1. The lowest BCUT2D eigenvalue weighted by atomic mass is 10.1. The molecule has 10 nitrogen and oxygen atoms in total. The van der Waals surface area contributed by atoms with Crippen LogP contribution in [0.2, 0.25) is 0 Å². The van der Waals surface area contributed by atoms with Gasteiger partial charge in [0.2, 0.25) is 0 Å². The Kier molecular flexibility index (Phi) is 9.47.